The average Bonchev–Trinajstić information content (AvgIpc) is 3.10. The second kappa shape index (κ2) is 9.29. The van der Waals surface area contributed by atoms with Gasteiger partial charge in [0.15, 0.2) is 5.78 Å². The van der Waals surface area contributed by atoms with Crippen LogP contribution in [0.1, 0.15) is 110 Å². The van der Waals surface area contributed by atoms with Crippen LogP contribution >= 0.6 is 0 Å². The van der Waals surface area contributed by atoms with Crippen LogP contribution in [-0.4, -0.2) is 28.9 Å². The molecule has 6 heteroatoms. The molecule has 1 aromatic carbocycles. The molecule has 1 aromatic rings. The predicted octanol–water partition coefficient (Wildman–Crippen LogP) is 4.82. The van der Waals surface area contributed by atoms with Crippen molar-refractivity contribution in [3.05, 3.63) is 34.4 Å². The van der Waals surface area contributed by atoms with Crippen LogP contribution in [0.3, 0.4) is 0 Å². The molecule has 0 amide bonds. The minimum Gasteiger partial charge on any atom is -0.456 e. The zero-order valence-electron chi connectivity index (χ0n) is 19.1. The smallest absolute Gasteiger partial charge is 0.340 e. The van der Waals surface area contributed by atoms with Crippen LogP contribution < -0.4 is 5.73 Å². The molecule has 0 radical (unpaired) electrons. The summed E-state index contributed by atoms with van der Waals surface area (Å²) < 4.78 is 11.1. The lowest BCUT2D eigenvalue weighted by Gasteiger charge is -2.25. The van der Waals surface area contributed by atoms with Crippen LogP contribution in [0.25, 0.3) is 0 Å². The van der Waals surface area contributed by atoms with Crippen LogP contribution in [0.15, 0.2) is 12.1 Å². The van der Waals surface area contributed by atoms with Gasteiger partial charge < -0.3 is 15.2 Å². The molecular weight excluding hydrogens is 382 g/mol. The Balaban J connectivity index is 2.59. The summed E-state index contributed by atoms with van der Waals surface area (Å²) in [4.78, 5) is 39.4. The largest absolute Gasteiger partial charge is 0.456 e. The van der Waals surface area contributed by atoms with Crippen molar-refractivity contribution in [2.24, 2.45) is 11.7 Å². The van der Waals surface area contributed by atoms with Crippen molar-refractivity contribution in [3.63, 3.8) is 0 Å². The lowest BCUT2D eigenvalue weighted by Crippen LogP contribution is -2.30. The first-order chi connectivity index (χ1) is 13.8. The molecule has 1 aliphatic rings. The first kappa shape index (κ1) is 24.1. The summed E-state index contributed by atoms with van der Waals surface area (Å²) in [7, 11) is 0. The standard InChI is InChI=1S/C24H35NO5/c1-23(2,3)29-21(27)19-16(14-25)11-12-17(18(26)13-15-9-7-8-10-15)20(19)22(28)30-24(4,5)6/h11-12,15H,7-10,13-14,25H2,1-6H3. The summed E-state index contributed by atoms with van der Waals surface area (Å²) in [6.07, 6.45) is 4.60. The number of Topliss-reactive ketones (excluding diaryl/α,β-unsaturated/α-hetero) is 1. The highest BCUT2D eigenvalue weighted by atomic mass is 16.6. The Morgan fingerprint density at radius 1 is 0.900 bits per heavy atom. The summed E-state index contributed by atoms with van der Waals surface area (Å²) in [5.74, 6) is -1.24. The van der Waals surface area contributed by atoms with Crippen molar-refractivity contribution < 1.29 is 23.9 Å². The second-order valence-electron chi connectivity index (χ2n) is 10.0. The first-order valence-electron chi connectivity index (χ1n) is 10.7. The molecule has 2 rings (SSSR count). The average molecular weight is 418 g/mol. The highest BCUT2D eigenvalue weighted by Crippen LogP contribution is 2.31. The highest BCUT2D eigenvalue weighted by molar-refractivity contribution is 6.13. The van der Waals surface area contributed by atoms with E-state index in [1.54, 1.807) is 53.7 Å². The van der Waals surface area contributed by atoms with Gasteiger partial charge in [-0.25, -0.2) is 9.59 Å². The highest BCUT2D eigenvalue weighted by Gasteiger charge is 2.33. The molecular formula is C24H35NO5. The third-order valence-electron chi connectivity index (χ3n) is 4.97. The topological polar surface area (TPSA) is 95.7 Å². The van der Waals surface area contributed by atoms with Gasteiger partial charge in [-0.2, -0.15) is 0 Å². The molecule has 0 saturated heterocycles. The molecule has 6 nitrogen and oxygen atoms in total. The molecule has 0 bridgehead atoms. The summed E-state index contributed by atoms with van der Waals surface area (Å²) in [6.45, 7) is 10.5. The third kappa shape index (κ3) is 6.39. The van der Waals surface area contributed by atoms with E-state index in [1.165, 1.54) is 0 Å². The summed E-state index contributed by atoms with van der Waals surface area (Å²) in [6, 6.07) is 3.22. The maximum absolute atomic E-state index is 13.2. The molecule has 30 heavy (non-hydrogen) atoms. The minimum absolute atomic E-state index is 0.0268. The molecule has 0 atom stereocenters. The lowest BCUT2D eigenvalue weighted by molar-refractivity contribution is 0.00167. The van der Waals surface area contributed by atoms with Gasteiger partial charge in [0.2, 0.25) is 0 Å². The number of carbonyl (C=O) groups excluding carboxylic acids is 3. The molecule has 0 aromatic heterocycles. The van der Waals surface area contributed by atoms with E-state index >= 15 is 0 Å². The monoisotopic (exact) mass is 417 g/mol. The summed E-state index contributed by atoms with van der Waals surface area (Å²) >= 11 is 0. The van der Waals surface area contributed by atoms with Gasteiger partial charge in [-0.05, 0) is 53.0 Å². The first-order valence-corrected chi connectivity index (χ1v) is 10.7. The van der Waals surface area contributed by atoms with E-state index in [0.29, 0.717) is 17.9 Å². The van der Waals surface area contributed by atoms with Crippen molar-refractivity contribution in [1.82, 2.24) is 0 Å². The number of carbonyl (C=O) groups is 3. The fourth-order valence-electron chi connectivity index (χ4n) is 3.74. The Morgan fingerprint density at radius 3 is 1.87 bits per heavy atom. The summed E-state index contributed by atoms with van der Waals surface area (Å²) in [5.41, 5.74) is 4.95. The van der Waals surface area contributed by atoms with Crippen LogP contribution in [0.4, 0.5) is 0 Å². The van der Waals surface area contributed by atoms with Crippen LogP contribution in [0.5, 0.6) is 0 Å². The van der Waals surface area contributed by atoms with Gasteiger partial charge in [-0.1, -0.05) is 37.8 Å². The molecule has 0 unspecified atom stereocenters. The second-order valence-corrected chi connectivity index (χ2v) is 10.0. The number of nitrogens with two attached hydrogens (primary N) is 1. The Kier molecular flexibility index (Phi) is 7.45. The van der Waals surface area contributed by atoms with Crippen LogP contribution in [0, 0.1) is 5.92 Å². The Bertz CT molecular complexity index is 808. The number of hydrogen-bond donors (Lipinski definition) is 1. The van der Waals surface area contributed by atoms with E-state index < -0.39 is 23.1 Å². The molecule has 2 N–H and O–H groups in total. The molecule has 0 spiro atoms. The predicted molar refractivity (Wildman–Crippen MR) is 116 cm³/mol. The van der Waals surface area contributed by atoms with E-state index in [2.05, 4.69) is 0 Å². The van der Waals surface area contributed by atoms with E-state index in [4.69, 9.17) is 15.2 Å². The fourth-order valence-corrected chi connectivity index (χ4v) is 3.74. The minimum atomic E-state index is -0.785. The van der Waals surface area contributed by atoms with Gasteiger partial charge in [-0.3, -0.25) is 4.79 Å². The van der Waals surface area contributed by atoms with E-state index in [-0.39, 0.29) is 29.0 Å². The molecule has 0 heterocycles. The van der Waals surface area contributed by atoms with E-state index in [1.807, 2.05) is 0 Å². The number of ether oxygens (including phenoxy) is 2. The van der Waals surface area contributed by atoms with Crippen molar-refractivity contribution in [1.29, 1.82) is 0 Å². The number of hydrogen-bond acceptors (Lipinski definition) is 6. The lowest BCUT2D eigenvalue weighted by atomic mass is 9.89. The van der Waals surface area contributed by atoms with Crippen LogP contribution in [-0.2, 0) is 16.0 Å². The van der Waals surface area contributed by atoms with Crippen molar-refractivity contribution in [2.75, 3.05) is 0 Å². The van der Waals surface area contributed by atoms with Gasteiger partial charge in [0.25, 0.3) is 0 Å². The number of rotatable bonds is 6. The number of esters is 2. The van der Waals surface area contributed by atoms with Gasteiger partial charge >= 0.3 is 11.9 Å². The van der Waals surface area contributed by atoms with Gasteiger partial charge in [0.1, 0.15) is 11.2 Å². The van der Waals surface area contributed by atoms with Crippen molar-refractivity contribution in [2.45, 2.75) is 91.4 Å². The molecule has 1 aliphatic carbocycles. The maximum Gasteiger partial charge on any atom is 0.340 e. The molecule has 1 fully saturated rings. The summed E-state index contributed by atoms with van der Waals surface area (Å²) in [5, 5.41) is 0. The third-order valence-corrected chi connectivity index (χ3v) is 4.97. The fraction of sp³-hybridized carbons (Fsp3) is 0.625. The number of ketones is 1. The van der Waals surface area contributed by atoms with Gasteiger partial charge in [0.05, 0.1) is 11.1 Å². The zero-order valence-corrected chi connectivity index (χ0v) is 19.1. The maximum atomic E-state index is 13.2. The quantitative estimate of drug-likeness (QED) is 0.527. The Hall–Kier alpha value is -2.21. The van der Waals surface area contributed by atoms with Crippen LogP contribution in [0.2, 0.25) is 0 Å². The van der Waals surface area contributed by atoms with Gasteiger partial charge in [0, 0.05) is 18.5 Å². The Morgan fingerprint density at radius 2 is 1.40 bits per heavy atom. The van der Waals surface area contributed by atoms with Crippen molar-refractivity contribution in [3.8, 4) is 0 Å². The Labute approximate surface area is 179 Å². The van der Waals surface area contributed by atoms with Gasteiger partial charge in [-0.15, -0.1) is 0 Å². The van der Waals surface area contributed by atoms with E-state index in [9.17, 15) is 14.4 Å². The molecule has 166 valence electrons. The zero-order chi connectivity index (χ0) is 22.7. The van der Waals surface area contributed by atoms with E-state index in [0.717, 1.165) is 25.7 Å². The SMILES string of the molecule is CC(C)(C)OC(=O)c1c(CN)ccc(C(=O)CC2CCCC2)c1C(=O)OC(C)(C)C. The molecule has 1 saturated carbocycles. The normalized spacial score (nSPS) is 15.2. The van der Waals surface area contributed by atoms with Crippen molar-refractivity contribution >= 4 is 17.7 Å². The molecule has 0 aliphatic heterocycles. The number of benzene rings is 1.